The minimum atomic E-state index is -3.38. The van der Waals surface area contributed by atoms with Gasteiger partial charge in [-0.3, -0.25) is 0 Å². The molecule has 0 aromatic heterocycles. The molecule has 12 bridgehead atoms. The molecule has 6 heterocycles. The Bertz CT molecular complexity index is 7660. The maximum atomic E-state index is 9.59. The Kier molecular flexibility index (Phi) is 11.0. The van der Waals surface area contributed by atoms with Crippen molar-refractivity contribution in [3.05, 3.63) is 176 Å². The molecule has 12 fully saturated rings. The van der Waals surface area contributed by atoms with E-state index in [4.69, 9.17) is 105 Å². The van der Waals surface area contributed by atoms with Crippen LogP contribution in [0.3, 0.4) is 0 Å². The normalized spacial score (nSPS) is 58.3. The largest absolute Gasteiger partial charge is 0.497 e. The van der Waals surface area contributed by atoms with Crippen LogP contribution >= 0.6 is 0 Å². The number of hydrogen-bond acceptors (Lipinski definition) is 12. The van der Waals surface area contributed by atoms with Crippen LogP contribution in [-0.4, -0.2) is 189 Å². The van der Waals surface area contributed by atoms with Gasteiger partial charge in [0.05, 0.1) is 59.1 Å². The van der Waals surface area contributed by atoms with Crippen LogP contribution in [0.15, 0.2) is 109 Å². The SMILES string of the molecule is [2H]C1([2H])C([2H])(C)C([2H])([2H])[C@]2([2H])[C@]3([2H])Cc4ccc(OC)cc4[C@]2(CCN3C)C1([2H])[2H].[2H]C1([2H])C([2H])(C)C([2H])([2H])[C@]2([2H])[C@]3([2H])Cc4ccc(OC)cc4[C@]2(CCN3C)C1([2H])[2H].[2H]c1c([2H])c2c(c([2H])c1OC)[C@]13CCCCC1[C@@]([2H])(N(C([2H])([2H])[2H])C([2H])([2H])C3([2H])[2H])C2([2H])[2H].[2H]c1c([2H])c2c(c([2H])c1OC)[C@]13CCCCC1[C@@]([2H])(N(C([2H])([2H])[2H])C([2H])([2H])C3([2H])[2H])C2([2H])[2H].[2H]c1c([2H])c2c(c([2H])c1OC)[C@]13CCCCC1[C@@]([2H])(N(C)C([2H])([2H])C3([2H])[2H])C2([2H])[2H].[2H]c1c([2H])c2c(c([2H])c1OC)[C@]13CCCCC1[C@@]([2H])(N(C)C([2H])([2H])C3([2H])[2H])C2([2H])[2H]. The summed E-state index contributed by atoms with van der Waals surface area (Å²) in [5, 5.41) is 0. The van der Waals surface area contributed by atoms with E-state index >= 15 is 0 Å². The highest BCUT2D eigenvalue weighted by Gasteiger charge is 2.60. The van der Waals surface area contributed by atoms with Crippen LogP contribution in [0, 0.1) is 47.2 Å². The number of likely N-dealkylation sites (N-methyl/N-ethyl adjacent to an activating group) is 6. The van der Waals surface area contributed by atoms with Crippen LogP contribution in [0.25, 0.3) is 0 Å². The third-order valence-electron chi connectivity index (χ3n) is 28.4. The van der Waals surface area contributed by atoms with Crippen molar-refractivity contribution in [3.63, 3.8) is 0 Å². The lowest BCUT2D eigenvalue weighted by Gasteiger charge is -2.59. The minimum Gasteiger partial charge on any atom is -0.497 e. The van der Waals surface area contributed by atoms with Gasteiger partial charge in [0.1, 0.15) is 34.5 Å². The molecule has 12 heteroatoms. The van der Waals surface area contributed by atoms with Crippen LogP contribution in [0.2, 0.25) is 0 Å². The van der Waals surface area contributed by atoms with Crippen molar-refractivity contribution in [2.75, 3.05) is 124 Å². The van der Waals surface area contributed by atoms with Gasteiger partial charge in [-0.2, -0.15) is 0 Å². The molecule has 660 valence electrons. The number of ether oxygens (including phenoxy) is 6. The summed E-state index contributed by atoms with van der Waals surface area (Å²) < 4.78 is 593. The van der Waals surface area contributed by atoms with Gasteiger partial charge in [0.15, 0.2) is 0 Å². The summed E-state index contributed by atoms with van der Waals surface area (Å²) in [6.07, 6.45) is -34.8. The molecule has 122 heavy (non-hydrogen) atoms. The molecule has 24 rings (SSSR count). The second kappa shape index (κ2) is 34.5. The molecule has 18 aliphatic rings. The highest BCUT2D eigenvalue weighted by Crippen LogP contribution is 2.64. The number of rotatable bonds is 6. The first-order valence-electron chi connectivity index (χ1n) is 74.7. The van der Waals surface area contributed by atoms with Gasteiger partial charge in [0, 0.05) is 140 Å². The molecule has 0 radical (unpaired) electrons. The summed E-state index contributed by atoms with van der Waals surface area (Å²) in [5.74, 6) is -15.1. The molecule has 20 atom stereocenters. The summed E-state index contributed by atoms with van der Waals surface area (Å²) in [4.78, 5) is 4.87. The molecule has 6 aromatic rings. The quantitative estimate of drug-likeness (QED) is 0.159. The van der Waals surface area contributed by atoms with E-state index in [0.717, 1.165) is 23.6 Å². The fourth-order valence-corrected chi connectivity index (χ4v) is 22.2. The fourth-order valence-electron chi connectivity index (χ4n) is 22.2. The van der Waals surface area contributed by atoms with Crippen LogP contribution in [0.5, 0.6) is 34.5 Å². The van der Waals surface area contributed by atoms with E-state index in [0.29, 0.717) is 98.0 Å². The van der Waals surface area contributed by atoms with E-state index in [1.54, 1.807) is 60.3 Å². The van der Waals surface area contributed by atoms with E-state index in [9.17, 15) is 11.0 Å². The van der Waals surface area contributed by atoms with Gasteiger partial charge in [-0.25, -0.2) is 0 Å². The molecular formula is C110H154N6O6. The Labute approximate surface area is 826 Å². The number of likely N-dealkylation sites (tertiary alicyclic amines) is 6. The summed E-state index contributed by atoms with van der Waals surface area (Å²) in [6, 6.07) is -10.5. The molecule has 12 nitrogen and oxygen atoms in total. The Morgan fingerprint density at radius 1 is 0.336 bits per heavy atom. The van der Waals surface area contributed by atoms with Gasteiger partial charge in [-0.05, 0) is 434 Å². The molecule has 0 spiro atoms. The van der Waals surface area contributed by atoms with Crippen LogP contribution < -0.4 is 28.4 Å². The van der Waals surface area contributed by atoms with E-state index in [2.05, 4.69) is 0 Å². The Hall–Kier alpha value is -6.12. The van der Waals surface area contributed by atoms with Crippen LogP contribution in [0.4, 0.5) is 0 Å². The lowest BCUT2D eigenvalue weighted by atomic mass is 9.51. The number of benzene rings is 6. The molecule has 6 aromatic carbocycles. The van der Waals surface area contributed by atoms with Gasteiger partial charge in [0.25, 0.3) is 0 Å². The maximum absolute atomic E-state index is 9.59. The van der Waals surface area contributed by atoms with Crippen molar-refractivity contribution < 1.29 is 116 Å². The zero-order chi connectivity index (χ0) is 141. The highest BCUT2D eigenvalue weighted by molar-refractivity contribution is 5.52. The average molecular weight is 1720 g/mol. The number of hydrogen-bond donors (Lipinski definition) is 0. The van der Waals surface area contributed by atoms with E-state index in [1.165, 1.54) is 56.8 Å². The van der Waals surface area contributed by atoms with Gasteiger partial charge < -0.3 is 57.8 Å². The number of methoxy groups -OCH3 is 6. The van der Waals surface area contributed by atoms with Crippen molar-refractivity contribution in [2.45, 2.75) is 300 Å². The van der Waals surface area contributed by atoms with Gasteiger partial charge in [0.2, 0.25) is 0 Å². The molecule has 6 unspecified atom stereocenters. The first kappa shape index (κ1) is 39.1. The summed E-state index contributed by atoms with van der Waals surface area (Å²) >= 11 is 0. The van der Waals surface area contributed by atoms with Crippen molar-refractivity contribution in [1.82, 2.24) is 29.4 Å². The van der Waals surface area contributed by atoms with Gasteiger partial charge >= 0.3 is 0 Å². The maximum Gasteiger partial charge on any atom is 0.119 e. The monoisotopic (exact) mass is 1720 g/mol. The molecule has 0 N–H and O–H groups in total. The van der Waals surface area contributed by atoms with Crippen molar-refractivity contribution in [2.24, 2.45) is 47.2 Å². The second-order valence-electron chi connectivity index (χ2n) is 34.7. The van der Waals surface area contributed by atoms with Crippen molar-refractivity contribution in [1.29, 1.82) is 0 Å². The summed E-state index contributed by atoms with van der Waals surface area (Å²) in [7, 11) is 13.4. The predicted molar refractivity (Wildman–Crippen MR) is 497 cm³/mol. The number of fused-ring (bicyclic) bond motifs is 6. The van der Waals surface area contributed by atoms with Gasteiger partial charge in [-0.1, -0.05) is 102 Å². The summed E-state index contributed by atoms with van der Waals surface area (Å²) in [5.41, 5.74) is -12.1. The average Bonchev–Trinajstić information content (AvgIpc) is 0.627. The minimum absolute atomic E-state index is 0.0251. The smallest absolute Gasteiger partial charge is 0.119 e. The predicted octanol–water partition coefficient (Wildman–Crippen LogP) is 20.8. The molecule has 6 aliphatic heterocycles. The first-order chi connectivity index (χ1) is 84.1. The zero-order valence-corrected chi connectivity index (χ0v) is 71.5. The number of nitrogens with zero attached hydrogens (tertiary/aromatic N) is 6. The zero-order valence-electron chi connectivity index (χ0n) is 135. The van der Waals surface area contributed by atoms with Crippen LogP contribution in [-0.2, 0) is 70.8 Å². The second-order valence-corrected chi connectivity index (χ2v) is 34.7. The standard InChI is InChI=1S/2C19H27NO.4C18H25NO/c2*1-13-6-7-19-8-9-20(2)18(17(19)10-13)11-14-4-5-15(21-3)12-16(14)19;4*1-19-10-9-18-8-4-3-5-15(18)17(19)11-13-6-7-14(20-2)12-16(13)18/h2*4-5,12-13,17-18H,6-11H2,1-3H3;4*6-7,12,15,17H,3-5,8-11H2,1-2H3/t2*13?,17-,18+,19-;4*15?,17-,18-/m110000/s1/i2*6D2,7D2,10D2,13D,17D,18D;2*1D3,6D,7D,9D2,10D2,11D2,12D,17D;2*6D,7D,9D2,10D2,11D2,12D,17D. The fraction of sp³-hybridized carbons (Fsp3) is 0.673. The molecule has 0 amide bonds. The third kappa shape index (κ3) is 14.5. The van der Waals surface area contributed by atoms with Crippen molar-refractivity contribution in [3.8, 4) is 34.5 Å². The summed E-state index contributed by atoms with van der Waals surface area (Å²) in [6.45, 7) is -16.3. The Balaban J connectivity index is 0.000000134. The van der Waals surface area contributed by atoms with E-state index in [-0.39, 0.29) is 156 Å². The lowest BCUT2D eigenvalue weighted by molar-refractivity contribution is -0.0112. The lowest BCUT2D eigenvalue weighted by Crippen LogP contribution is -2.60. The van der Waals surface area contributed by atoms with Gasteiger partial charge in [-0.15, -0.1) is 0 Å². The Morgan fingerprint density at radius 2 is 0.639 bits per heavy atom. The first-order valence-corrected chi connectivity index (χ1v) is 42.7. The molecule has 6 saturated heterocycles. The van der Waals surface area contributed by atoms with E-state index in [1.807, 2.05) is 0 Å². The Morgan fingerprint density at radius 3 is 0.943 bits per heavy atom. The third-order valence-corrected chi connectivity index (χ3v) is 28.4. The molecule has 12 aliphatic carbocycles. The van der Waals surface area contributed by atoms with E-state index < -0.39 is 317 Å². The topological polar surface area (TPSA) is 74.8 Å². The molecular weight excluding hydrogens is 1500 g/mol. The molecule has 6 saturated carbocycles. The van der Waals surface area contributed by atoms with Crippen molar-refractivity contribution >= 4 is 0 Å². The van der Waals surface area contributed by atoms with Crippen LogP contribution in [0.1, 0.15) is 348 Å². The highest BCUT2D eigenvalue weighted by atomic mass is 16.5. The number of piperidine rings is 6.